The van der Waals surface area contributed by atoms with Crippen molar-refractivity contribution in [2.24, 2.45) is 11.7 Å². The van der Waals surface area contributed by atoms with Gasteiger partial charge in [0.15, 0.2) is 0 Å². The molecule has 0 aliphatic heterocycles. The number of nitrogens with two attached hydrogens (primary N) is 1. The molecule has 1 aromatic carbocycles. The first-order valence-corrected chi connectivity index (χ1v) is 6.05. The Morgan fingerprint density at radius 2 is 2.12 bits per heavy atom. The van der Waals surface area contributed by atoms with Gasteiger partial charge in [-0.15, -0.1) is 0 Å². The van der Waals surface area contributed by atoms with Crippen molar-refractivity contribution < 1.29 is 4.74 Å². The summed E-state index contributed by atoms with van der Waals surface area (Å²) >= 11 is 5.07. The van der Waals surface area contributed by atoms with Crippen molar-refractivity contribution in [2.75, 3.05) is 25.6 Å². The molecule has 1 rings (SSSR count). The van der Waals surface area contributed by atoms with Crippen LogP contribution in [0, 0.1) is 5.92 Å². The van der Waals surface area contributed by atoms with Gasteiger partial charge in [0.2, 0.25) is 0 Å². The summed E-state index contributed by atoms with van der Waals surface area (Å²) in [6.07, 6.45) is 0. The molecule has 0 aromatic heterocycles. The Morgan fingerprint density at radius 3 is 2.59 bits per heavy atom. The molecule has 0 amide bonds. The predicted molar refractivity (Wildman–Crippen MR) is 77.0 cm³/mol. The average molecular weight is 252 g/mol. The van der Waals surface area contributed by atoms with Crippen LogP contribution in [0.1, 0.15) is 19.4 Å². The van der Waals surface area contributed by atoms with Crippen LogP contribution in [0.2, 0.25) is 0 Å². The topological polar surface area (TPSA) is 38.5 Å². The fourth-order valence-electron chi connectivity index (χ4n) is 1.81. The van der Waals surface area contributed by atoms with Gasteiger partial charge in [0.1, 0.15) is 10.7 Å². The van der Waals surface area contributed by atoms with Crippen LogP contribution in [0.3, 0.4) is 0 Å². The summed E-state index contributed by atoms with van der Waals surface area (Å²) < 4.78 is 5.23. The van der Waals surface area contributed by atoms with Crippen molar-refractivity contribution in [3.05, 3.63) is 23.8 Å². The zero-order chi connectivity index (χ0) is 13.0. The number of nitrogens with zero attached hydrogens (tertiary/aromatic N) is 1. The second kappa shape index (κ2) is 5.87. The number of benzene rings is 1. The number of hydrogen-bond donors (Lipinski definition) is 1. The molecule has 0 spiro atoms. The predicted octanol–water partition coefficient (Wildman–Crippen LogP) is 2.42. The molecule has 2 N–H and O–H groups in total. The Morgan fingerprint density at radius 1 is 1.47 bits per heavy atom. The Kier molecular flexibility index (Phi) is 4.75. The zero-order valence-corrected chi connectivity index (χ0v) is 11.7. The molecule has 17 heavy (non-hydrogen) atoms. The Bertz CT molecular complexity index is 404. The Labute approximate surface area is 109 Å². The van der Waals surface area contributed by atoms with Gasteiger partial charge in [0.05, 0.1) is 12.8 Å². The summed E-state index contributed by atoms with van der Waals surface area (Å²) in [6, 6.07) is 5.76. The number of ether oxygens (including phenoxy) is 1. The van der Waals surface area contributed by atoms with Gasteiger partial charge in [0, 0.05) is 25.2 Å². The van der Waals surface area contributed by atoms with Crippen molar-refractivity contribution in [1.82, 2.24) is 0 Å². The van der Waals surface area contributed by atoms with Gasteiger partial charge in [-0.2, -0.15) is 0 Å². The third-order valence-electron chi connectivity index (χ3n) is 2.52. The first kappa shape index (κ1) is 13.8. The van der Waals surface area contributed by atoms with Crippen molar-refractivity contribution in [2.45, 2.75) is 13.8 Å². The first-order chi connectivity index (χ1) is 7.95. The van der Waals surface area contributed by atoms with E-state index < -0.39 is 0 Å². The molecule has 0 fully saturated rings. The monoisotopic (exact) mass is 252 g/mol. The molecule has 0 aliphatic rings. The smallest absolute Gasteiger partial charge is 0.120 e. The summed E-state index contributed by atoms with van der Waals surface area (Å²) in [5, 5.41) is 0. The third-order valence-corrected chi connectivity index (χ3v) is 2.74. The molecule has 0 saturated heterocycles. The van der Waals surface area contributed by atoms with Crippen molar-refractivity contribution in [3.8, 4) is 5.75 Å². The summed E-state index contributed by atoms with van der Waals surface area (Å²) in [6.45, 7) is 5.30. The number of thiocarbonyl (C=S) groups is 1. The molecule has 0 bridgehead atoms. The van der Waals surface area contributed by atoms with E-state index in [0.29, 0.717) is 10.9 Å². The van der Waals surface area contributed by atoms with Gasteiger partial charge in [-0.3, -0.25) is 0 Å². The van der Waals surface area contributed by atoms with Gasteiger partial charge >= 0.3 is 0 Å². The molecular formula is C13H20N2OS. The van der Waals surface area contributed by atoms with E-state index in [2.05, 4.69) is 18.7 Å². The molecule has 1 aromatic rings. The van der Waals surface area contributed by atoms with Crippen LogP contribution in [-0.2, 0) is 0 Å². The zero-order valence-electron chi connectivity index (χ0n) is 10.9. The number of hydrogen-bond acceptors (Lipinski definition) is 3. The second-order valence-electron chi connectivity index (χ2n) is 4.52. The van der Waals surface area contributed by atoms with E-state index in [4.69, 9.17) is 22.7 Å². The SMILES string of the molecule is COc1ccc(C(N)=S)c(N(C)CC(C)C)c1. The Balaban J connectivity index is 3.12. The van der Waals surface area contributed by atoms with Crippen molar-refractivity contribution >= 4 is 22.9 Å². The molecule has 0 aliphatic carbocycles. The maximum atomic E-state index is 5.74. The fraction of sp³-hybridized carbons (Fsp3) is 0.462. The molecule has 0 atom stereocenters. The fourth-order valence-corrected chi connectivity index (χ4v) is 1.98. The summed E-state index contributed by atoms with van der Waals surface area (Å²) in [5.74, 6) is 1.39. The van der Waals surface area contributed by atoms with Crippen molar-refractivity contribution in [3.63, 3.8) is 0 Å². The van der Waals surface area contributed by atoms with Crippen LogP contribution in [0.15, 0.2) is 18.2 Å². The van der Waals surface area contributed by atoms with Crippen LogP contribution >= 0.6 is 12.2 Å². The Hall–Kier alpha value is -1.29. The van der Waals surface area contributed by atoms with E-state index in [1.807, 2.05) is 25.2 Å². The minimum Gasteiger partial charge on any atom is -0.497 e. The number of rotatable bonds is 5. The highest BCUT2D eigenvalue weighted by molar-refractivity contribution is 7.80. The van der Waals surface area contributed by atoms with Crippen LogP contribution < -0.4 is 15.4 Å². The minimum atomic E-state index is 0.415. The van der Waals surface area contributed by atoms with E-state index in [9.17, 15) is 0 Å². The van der Waals surface area contributed by atoms with Gasteiger partial charge in [-0.1, -0.05) is 26.1 Å². The van der Waals surface area contributed by atoms with E-state index in [0.717, 1.165) is 23.5 Å². The summed E-state index contributed by atoms with van der Waals surface area (Å²) in [4.78, 5) is 2.57. The van der Waals surface area contributed by atoms with Crippen LogP contribution in [0.5, 0.6) is 5.75 Å². The highest BCUT2D eigenvalue weighted by Crippen LogP contribution is 2.26. The average Bonchev–Trinajstić information content (AvgIpc) is 2.27. The third kappa shape index (κ3) is 3.60. The van der Waals surface area contributed by atoms with Gasteiger partial charge in [0.25, 0.3) is 0 Å². The molecule has 0 radical (unpaired) electrons. The lowest BCUT2D eigenvalue weighted by molar-refractivity contribution is 0.414. The van der Waals surface area contributed by atoms with E-state index in [1.54, 1.807) is 7.11 Å². The lowest BCUT2D eigenvalue weighted by atomic mass is 10.1. The molecule has 0 unspecified atom stereocenters. The molecular weight excluding hydrogens is 232 g/mol. The molecule has 4 heteroatoms. The summed E-state index contributed by atoms with van der Waals surface area (Å²) in [5.41, 5.74) is 7.65. The molecule has 0 saturated carbocycles. The van der Waals surface area contributed by atoms with E-state index in [1.165, 1.54) is 0 Å². The largest absolute Gasteiger partial charge is 0.497 e. The highest BCUT2D eigenvalue weighted by Gasteiger charge is 2.12. The van der Waals surface area contributed by atoms with Gasteiger partial charge < -0.3 is 15.4 Å². The van der Waals surface area contributed by atoms with Crippen LogP contribution in [0.4, 0.5) is 5.69 Å². The number of methoxy groups -OCH3 is 1. The number of anilines is 1. The van der Waals surface area contributed by atoms with Gasteiger partial charge in [-0.25, -0.2) is 0 Å². The normalized spacial score (nSPS) is 10.4. The summed E-state index contributed by atoms with van der Waals surface area (Å²) in [7, 11) is 3.69. The minimum absolute atomic E-state index is 0.415. The van der Waals surface area contributed by atoms with E-state index >= 15 is 0 Å². The lowest BCUT2D eigenvalue weighted by Gasteiger charge is -2.24. The lowest BCUT2D eigenvalue weighted by Crippen LogP contribution is -2.25. The standard InChI is InChI=1S/C13H20N2OS/c1-9(2)8-15(3)12-7-10(16-4)5-6-11(12)13(14)17/h5-7,9H,8H2,1-4H3,(H2,14,17). The molecule has 3 nitrogen and oxygen atoms in total. The van der Waals surface area contributed by atoms with E-state index in [-0.39, 0.29) is 0 Å². The van der Waals surface area contributed by atoms with Crippen LogP contribution in [-0.4, -0.2) is 25.7 Å². The first-order valence-electron chi connectivity index (χ1n) is 5.64. The van der Waals surface area contributed by atoms with Crippen LogP contribution in [0.25, 0.3) is 0 Å². The van der Waals surface area contributed by atoms with Gasteiger partial charge in [-0.05, 0) is 18.1 Å². The second-order valence-corrected chi connectivity index (χ2v) is 4.96. The maximum Gasteiger partial charge on any atom is 0.120 e. The quantitative estimate of drug-likeness (QED) is 0.817. The highest BCUT2D eigenvalue weighted by atomic mass is 32.1. The molecule has 94 valence electrons. The van der Waals surface area contributed by atoms with Crippen molar-refractivity contribution in [1.29, 1.82) is 0 Å². The molecule has 0 heterocycles. The maximum absolute atomic E-state index is 5.74.